The number of alkyl halides is 5. The summed E-state index contributed by atoms with van der Waals surface area (Å²) >= 11 is 0. The third kappa shape index (κ3) is 3.21. The van der Waals surface area contributed by atoms with Gasteiger partial charge in [0.1, 0.15) is 17.0 Å². The lowest BCUT2D eigenvalue weighted by Crippen LogP contribution is -2.13. The van der Waals surface area contributed by atoms with Crippen molar-refractivity contribution in [2.24, 2.45) is 0 Å². The summed E-state index contributed by atoms with van der Waals surface area (Å²) in [6, 6.07) is 0.871. The lowest BCUT2D eigenvalue weighted by Gasteiger charge is -2.10. The molecule has 0 unspecified atom stereocenters. The zero-order valence-corrected chi connectivity index (χ0v) is 11.5. The predicted octanol–water partition coefficient (Wildman–Crippen LogP) is 2.16. The van der Waals surface area contributed by atoms with Gasteiger partial charge in [-0.05, 0) is 6.07 Å². The minimum Gasteiger partial charge on any atom is -0.226 e. The summed E-state index contributed by atoms with van der Waals surface area (Å²) in [4.78, 5) is 6.46. The van der Waals surface area contributed by atoms with Crippen LogP contribution in [0.1, 0.15) is 12.1 Å². The molecule has 22 heavy (non-hydrogen) atoms. The van der Waals surface area contributed by atoms with Crippen molar-refractivity contribution in [3.05, 3.63) is 24.0 Å². The van der Waals surface area contributed by atoms with E-state index in [-0.39, 0.29) is 10.9 Å². The fourth-order valence-corrected chi connectivity index (χ4v) is 2.02. The highest BCUT2D eigenvalue weighted by molar-refractivity contribution is 7.90. The molecule has 6 nitrogen and oxygen atoms in total. The molecule has 2 aromatic heterocycles. The van der Waals surface area contributed by atoms with Gasteiger partial charge in [-0.25, -0.2) is 23.1 Å². The van der Waals surface area contributed by atoms with Crippen molar-refractivity contribution < 1.29 is 30.4 Å². The molecule has 0 amide bonds. The van der Waals surface area contributed by atoms with E-state index in [0.717, 1.165) is 12.3 Å². The third-order valence-electron chi connectivity index (χ3n) is 2.45. The van der Waals surface area contributed by atoms with Gasteiger partial charge in [-0.3, -0.25) is 0 Å². The van der Waals surface area contributed by atoms with Crippen molar-refractivity contribution in [2.75, 3.05) is 6.26 Å². The summed E-state index contributed by atoms with van der Waals surface area (Å²) in [5.74, 6) is 0. The molecule has 2 aromatic rings. The van der Waals surface area contributed by atoms with Crippen LogP contribution in [0.3, 0.4) is 0 Å². The number of aromatic nitrogens is 4. The Hall–Kier alpha value is -2.11. The smallest absolute Gasteiger partial charge is 0.226 e. The van der Waals surface area contributed by atoms with E-state index in [4.69, 9.17) is 0 Å². The third-order valence-corrected chi connectivity index (χ3v) is 3.31. The second-order valence-corrected chi connectivity index (χ2v) is 6.05. The summed E-state index contributed by atoms with van der Waals surface area (Å²) in [6.45, 7) is -3.06. The molecule has 0 saturated heterocycles. The van der Waals surface area contributed by atoms with E-state index in [1.165, 1.54) is 0 Å². The molecule has 0 aromatic carbocycles. The Bertz CT molecular complexity index is 800. The minimum absolute atomic E-state index is 0.123. The van der Waals surface area contributed by atoms with Gasteiger partial charge in [0.15, 0.2) is 0 Å². The topological polar surface area (TPSA) is 77.7 Å². The molecule has 0 saturated carbocycles. The Morgan fingerprint density at radius 1 is 1.27 bits per heavy atom. The Kier molecular flexibility index (Phi) is 3.89. The predicted molar refractivity (Wildman–Crippen MR) is 62.6 cm³/mol. The van der Waals surface area contributed by atoms with E-state index >= 15 is 0 Å². The maximum Gasteiger partial charge on any atom is 0.420 e. The number of halogens is 5. The van der Waals surface area contributed by atoms with Gasteiger partial charge in [-0.15, -0.1) is 0 Å². The number of hydrogen-bond donors (Lipinski definition) is 0. The zero-order chi connectivity index (χ0) is 16.7. The van der Waals surface area contributed by atoms with E-state index in [9.17, 15) is 30.4 Å². The standard InChI is InChI=1S/C10H7F5N4O2S/c1-22(20,21)9-16-4-5(10(13,14)15)7(17-9)6-2-3-19(18-6)8(11)12/h2-4,8H,1H3. The second-order valence-electron chi connectivity index (χ2n) is 4.14. The SMILES string of the molecule is CS(=O)(=O)c1ncc(C(F)(F)F)c(-c2ccn(C(F)F)n2)n1. The monoisotopic (exact) mass is 342 g/mol. The largest absolute Gasteiger partial charge is 0.420 e. The molecular weight excluding hydrogens is 335 g/mol. The van der Waals surface area contributed by atoms with Crippen molar-refractivity contribution in [1.29, 1.82) is 0 Å². The molecule has 2 rings (SSSR count). The molecule has 0 spiro atoms. The quantitative estimate of drug-likeness (QED) is 0.631. The Balaban J connectivity index is 2.69. The second kappa shape index (κ2) is 5.26. The van der Waals surface area contributed by atoms with Crippen molar-refractivity contribution in [1.82, 2.24) is 19.7 Å². The lowest BCUT2D eigenvalue weighted by atomic mass is 10.2. The molecule has 0 radical (unpaired) electrons. The highest BCUT2D eigenvalue weighted by Crippen LogP contribution is 2.35. The molecule has 0 fully saturated rings. The summed E-state index contributed by atoms with van der Waals surface area (Å²) in [7, 11) is -3.98. The molecule has 120 valence electrons. The zero-order valence-electron chi connectivity index (χ0n) is 10.7. The van der Waals surface area contributed by atoms with Gasteiger partial charge in [0.25, 0.3) is 0 Å². The van der Waals surface area contributed by atoms with Crippen LogP contribution < -0.4 is 0 Å². The summed E-state index contributed by atoms with van der Waals surface area (Å²) in [5.41, 5.74) is -2.80. The van der Waals surface area contributed by atoms with Crippen LogP contribution in [0.15, 0.2) is 23.6 Å². The molecule has 0 aliphatic carbocycles. The van der Waals surface area contributed by atoms with Gasteiger partial charge in [-0.1, -0.05) is 0 Å². The molecule has 2 heterocycles. The average molecular weight is 342 g/mol. The number of rotatable bonds is 3. The lowest BCUT2D eigenvalue weighted by molar-refractivity contribution is -0.137. The molecule has 12 heteroatoms. The Morgan fingerprint density at radius 2 is 1.91 bits per heavy atom. The van der Waals surface area contributed by atoms with Gasteiger partial charge >= 0.3 is 12.7 Å². The van der Waals surface area contributed by atoms with Gasteiger partial charge in [-0.2, -0.15) is 27.1 Å². The highest BCUT2D eigenvalue weighted by atomic mass is 32.2. The normalized spacial score (nSPS) is 12.9. The van der Waals surface area contributed by atoms with Gasteiger partial charge in [0.2, 0.25) is 15.0 Å². The molecule has 0 aliphatic rings. The first-order chi connectivity index (χ1) is 10.00. The van der Waals surface area contributed by atoms with Crippen molar-refractivity contribution >= 4 is 9.84 Å². The number of hydrogen-bond acceptors (Lipinski definition) is 5. The van der Waals surface area contributed by atoms with E-state index in [1.807, 2.05) is 0 Å². The average Bonchev–Trinajstić information content (AvgIpc) is 2.85. The maximum atomic E-state index is 12.9. The molecule has 0 N–H and O–H groups in total. The van der Waals surface area contributed by atoms with Gasteiger partial charge in [0, 0.05) is 18.6 Å². The van der Waals surface area contributed by atoms with Crippen LogP contribution in [-0.4, -0.2) is 34.4 Å². The molecule has 0 bridgehead atoms. The van der Waals surface area contributed by atoms with Crippen molar-refractivity contribution in [2.45, 2.75) is 17.9 Å². The number of sulfone groups is 1. The summed E-state index contributed by atoms with van der Waals surface area (Å²) < 4.78 is 86.4. The molecule has 0 aliphatic heterocycles. The minimum atomic E-state index is -4.90. The van der Waals surface area contributed by atoms with Crippen LogP contribution in [0.4, 0.5) is 22.0 Å². The van der Waals surface area contributed by atoms with Crippen LogP contribution in [0, 0.1) is 0 Å². The molecule has 0 atom stereocenters. The Labute approximate surface area is 120 Å². The molecular formula is C10H7F5N4O2S. The van der Waals surface area contributed by atoms with Gasteiger partial charge in [0.05, 0.1) is 0 Å². The highest BCUT2D eigenvalue weighted by Gasteiger charge is 2.36. The van der Waals surface area contributed by atoms with Crippen molar-refractivity contribution in [3.8, 4) is 11.4 Å². The fourth-order valence-electron chi connectivity index (χ4n) is 1.52. The summed E-state index contributed by atoms with van der Waals surface area (Å²) in [6.07, 6.45) is -3.17. The van der Waals surface area contributed by atoms with E-state index in [2.05, 4.69) is 15.1 Å². The van der Waals surface area contributed by atoms with Gasteiger partial charge < -0.3 is 0 Å². The van der Waals surface area contributed by atoms with Crippen LogP contribution in [0.25, 0.3) is 11.4 Å². The van der Waals surface area contributed by atoms with Crippen LogP contribution in [0.5, 0.6) is 0 Å². The van der Waals surface area contributed by atoms with Crippen LogP contribution >= 0.6 is 0 Å². The van der Waals surface area contributed by atoms with E-state index < -0.39 is 44.7 Å². The maximum absolute atomic E-state index is 12.9. The van der Waals surface area contributed by atoms with Crippen LogP contribution in [-0.2, 0) is 16.0 Å². The first-order valence-electron chi connectivity index (χ1n) is 5.48. The summed E-state index contributed by atoms with van der Waals surface area (Å²) in [5, 5.41) is 2.40. The fraction of sp³-hybridized carbons (Fsp3) is 0.300. The first-order valence-corrected chi connectivity index (χ1v) is 7.37. The van der Waals surface area contributed by atoms with E-state index in [1.54, 1.807) is 0 Å². The number of nitrogens with zero attached hydrogens (tertiary/aromatic N) is 4. The Morgan fingerprint density at radius 3 is 2.36 bits per heavy atom. The first kappa shape index (κ1) is 16.3. The van der Waals surface area contributed by atoms with E-state index in [0.29, 0.717) is 6.26 Å². The van der Waals surface area contributed by atoms with Crippen LogP contribution in [0.2, 0.25) is 0 Å². The van der Waals surface area contributed by atoms with Crippen molar-refractivity contribution in [3.63, 3.8) is 0 Å².